The predicted octanol–water partition coefficient (Wildman–Crippen LogP) is 2.60. The van der Waals surface area contributed by atoms with Crippen LogP contribution in [0.1, 0.15) is 17.3 Å². The molecule has 30 heavy (non-hydrogen) atoms. The van der Waals surface area contributed by atoms with Crippen LogP contribution in [0.3, 0.4) is 0 Å². The zero-order chi connectivity index (χ0) is 22.5. The largest absolute Gasteiger partial charge is 0.468 e. The highest BCUT2D eigenvalue weighted by Crippen LogP contribution is 2.24. The minimum atomic E-state index is -4.52. The Hall–Kier alpha value is -3.35. The summed E-state index contributed by atoms with van der Waals surface area (Å²) >= 11 is 0. The first-order valence-corrected chi connectivity index (χ1v) is 10.1. The van der Waals surface area contributed by atoms with Crippen LogP contribution in [0.5, 0.6) is 5.88 Å². The highest BCUT2D eigenvalue weighted by atomic mass is 32.2. The summed E-state index contributed by atoms with van der Waals surface area (Å²) in [7, 11) is -3.70. The van der Waals surface area contributed by atoms with E-state index in [1.807, 2.05) is 0 Å². The van der Waals surface area contributed by atoms with Gasteiger partial charge in [0.15, 0.2) is 6.61 Å². The number of sulfonamides is 1. The number of aromatic nitrogens is 1. The molecule has 0 aliphatic carbocycles. The molecule has 0 radical (unpaired) electrons. The summed E-state index contributed by atoms with van der Waals surface area (Å²) in [5.41, 5.74) is 0.224. The van der Waals surface area contributed by atoms with Crippen molar-refractivity contribution in [1.29, 1.82) is 0 Å². The number of carbonyl (C=O) groups is 2. The van der Waals surface area contributed by atoms with E-state index in [-0.39, 0.29) is 28.5 Å². The molecule has 0 unspecified atom stereocenters. The molecule has 13 heteroatoms. The molecule has 1 heterocycles. The van der Waals surface area contributed by atoms with E-state index in [1.165, 1.54) is 31.2 Å². The molecule has 1 aromatic heterocycles. The van der Waals surface area contributed by atoms with Crippen LogP contribution in [0.25, 0.3) is 0 Å². The number of halogens is 3. The molecule has 2 amide bonds. The maximum Gasteiger partial charge on any atom is 0.422 e. The quantitative estimate of drug-likeness (QED) is 0.600. The van der Waals surface area contributed by atoms with Crippen molar-refractivity contribution in [3.05, 3.63) is 42.1 Å². The third-order valence-electron chi connectivity index (χ3n) is 3.26. The van der Waals surface area contributed by atoms with Crippen LogP contribution in [0.2, 0.25) is 0 Å². The summed E-state index contributed by atoms with van der Waals surface area (Å²) in [6.07, 6.45) is -2.54. The molecular weight excluding hydrogens is 429 g/mol. The number of nitrogens with one attached hydrogen (secondary N) is 3. The van der Waals surface area contributed by atoms with Crippen molar-refractivity contribution in [2.75, 3.05) is 28.2 Å². The van der Waals surface area contributed by atoms with Gasteiger partial charge in [0.2, 0.25) is 21.8 Å². The van der Waals surface area contributed by atoms with Gasteiger partial charge in [0.05, 0.1) is 29.4 Å². The number of rotatable bonds is 7. The Morgan fingerprint density at radius 2 is 1.77 bits per heavy atom. The number of hydrogen-bond acceptors (Lipinski definition) is 6. The molecule has 0 bridgehead atoms. The van der Waals surface area contributed by atoms with Gasteiger partial charge >= 0.3 is 6.18 Å². The van der Waals surface area contributed by atoms with E-state index in [4.69, 9.17) is 0 Å². The van der Waals surface area contributed by atoms with Crippen molar-refractivity contribution in [1.82, 2.24) is 4.98 Å². The zero-order valence-corrected chi connectivity index (χ0v) is 16.5. The third kappa shape index (κ3) is 7.58. The molecule has 3 N–H and O–H groups in total. The standard InChI is InChI=1S/C17H17F3N4O5S/c1-10(25)22-11-3-5-14(24-30(2,27)28)13(7-11)16(26)23-12-4-6-15(21-8-12)29-9-17(18,19)20/h3-8,24H,9H2,1-2H3,(H,22,25)(H,23,26). The van der Waals surface area contributed by atoms with Crippen LogP contribution in [0.4, 0.5) is 30.2 Å². The van der Waals surface area contributed by atoms with Crippen LogP contribution >= 0.6 is 0 Å². The molecular formula is C17H17F3N4O5S. The van der Waals surface area contributed by atoms with Crippen LogP contribution in [0, 0.1) is 0 Å². The van der Waals surface area contributed by atoms with Crippen LogP contribution < -0.4 is 20.1 Å². The molecule has 2 rings (SSSR count). The molecule has 2 aromatic rings. The molecule has 162 valence electrons. The summed E-state index contributed by atoms with van der Waals surface area (Å²) in [6, 6.07) is 6.36. The Bertz CT molecular complexity index is 1040. The molecule has 0 fully saturated rings. The van der Waals surface area contributed by atoms with Gasteiger partial charge in [-0.2, -0.15) is 13.2 Å². The van der Waals surface area contributed by atoms with Gasteiger partial charge in [-0.15, -0.1) is 0 Å². The number of pyridine rings is 1. The highest BCUT2D eigenvalue weighted by molar-refractivity contribution is 7.92. The van der Waals surface area contributed by atoms with Crippen LogP contribution in [-0.4, -0.2) is 44.3 Å². The van der Waals surface area contributed by atoms with E-state index in [2.05, 4.69) is 25.1 Å². The van der Waals surface area contributed by atoms with E-state index in [0.29, 0.717) is 0 Å². The number of amides is 2. The Kier molecular flexibility index (Phi) is 6.87. The minimum absolute atomic E-state index is 0.0396. The maximum absolute atomic E-state index is 12.6. The lowest BCUT2D eigenvalue weighted by atomic mass is 10.1. The van der Waals surface area contributed by atoms with Crippen LogP contribution in [-0.2, 0) is 14.8 Å². The molecule has 9 nitrogen and oxygen atoms in total. The molecule has 1 aromatic carbocycles. The number of ether oxygens (including phenoxy) is 1. The number of anilines is 3. The van der Waals surface area contributed by atoms with E-state index in [1.54, 1.807) is 0 Å². The third-order valence-corrected chi connectivity index (χ3v) is 3.85. The topological polar surface area (TPSA) is 126 Å². The summed E-state index contributed by atoms with van der Waals surface area (Å²) in [5, 5.41) is 4.91. The molecule has 0 atom stereocenters. The number of nitrogens with zero attached hydrogens (tertiary/aromatic N) is 1. The van der Waals surface area contributed by atoms with Crippen molar-refractivity contribution >= 4 is 38.9 Å². The van der Waals surface area contributed by atoms with Gasteiger partial charge in [-0.1, -0.05) is 0 Å². The van der Waals surface area contributed by atoms with E-state index >= 15 is 0 Å². The van der Waals surface area contributed by atoms with E-state index in [9.17, 15) is 31.2 Å². The van der Waals surface area contributed by atoms with Crippen LogP contribution in [0.15, 0.2) is 36.5 Å². The van der Waals surface area contributed by atoms with Gasteiger partial charge in [0.1, 0.15) is 0 Å². The lowest BCUT2D eigenvalue weighted by molar-refractivity contribution is -0.154. The molecule has 0 aliphatic rings. The van der Waals surface area contributed by atoms with Gasteiger partial charge in [-0.3, -0.25) is 14.3 Å². The SMILES string of the molecule is CC(=O)Nc1ccc(NS(C)(=O)=O)c(C(=O)Nc2ccc(OCC(F)(F)F)nc2)c1. The molecule has 0 spiro atoms. The first-order chi connectivity index (χ1) is 13.8. The summed E-state index contributed by atoms with van der Waals surface area (Å²) < 4.78 is 66.3. The van der Waals surface area contributed by atoms with Crippen molar-refractivity contribution in [3.8, 4) is 5.88 Å². The first kappa shape index (κ1) is 22.9. The normalized spacial score (nSPS) is 11.5. The number of alkyl halides is 3. The Morgan fingerprint density at radius 3 is 2.30 bits per heavy atom. The van der Waals surface area contributed by atoms with Gasteiger partial charge in [-0.05, 0) is 24.3 Å². The fraction of sp³-hybridized carbons (Fsp3) is 0.235. The Balaban J connectivity index is 2.22. The molecule has 0 saturated heterocycles. The van der Waals surface area contributed by atoms with Crippen molar-refractivity contribution in [2.24, 2.45) is 0 Å². The highest BCUT2D eigenvalue weighted by Gasteiger charge is 2.28. The van der Waals surface area contributed by atoms with Gasteiger partial charge < -0.3 is 15.4 Å². The van der Waals surface area contributed by atoms with E-state index in [0.717, 1.165) is 18.5 Å². The Labute approximate surface area is 169 Å². The molecule has 0 aliphatic heterocycles. The first-order valence-electron chi connectivity index (χ1n) is 8.19. The monoisotopic (exact) mass is 446 g/mol. The number of benzene rings is 1. The maximum atomic E-state index is 12.6. The Morgan fingerprint density at radius 1 is 1.10 bits per heavy atom. The number of carbonyl (C=O) groups excluding carboxylic acids is 2. The summed E-state index contributed by atoms with van der Waals surface area (Å²) in [6.45, 7) is -0.251. The van der Waals surface area contributed by atoms with Gasteiger partial charge in [0, 0.05) is 18.7 Å². The average Bonchev–Trinajstić information content (AvgIpc) is 2.60. The zero-order valence-electron chi connectivity index (χ0n) is 15.7. The lowest BCUT2D eigenvalue weighted by Crippen LogP contribution is -2.20. The van der Waals surface area contributed by atoms with Crippen molar-refractivity contribution in [2.45, 2.75) is 13.1 Å². The fourth-order valence-corrected chi connectivity index (χ4v) is 2.77. The molecule has 0 saturated carbocycles. The van der Waals surface area contributed by atoms with Gasteiger partial charge in [0.25, 0.3) is 5.91 Å². The van der Waals surface area contributed by atoms with Crippen molar-refractivity contribution < 1.29 is 35.9 Å². The second-order valence-corrected chi connectivity index (χ2v) is 7.81. The summed E-state index contributed by atoms with van der Waals surface area (Å²) in [4.78, 5) is 27.5. The van der Waals surface area contributed by atoms with Crippen molar-refractivity contribution in [3.63, 3.8) is 0 Å². The predicted molar refractivity (Wildman–Crippen MR) is 103 cm³/mol. The smallest absolute Gasteiger partial charge is 0.422 e. The lowest BCUT2D eigenvalue weighted by Gasteiger charge is -2.13. The van der Waals surface area contributed by atoms with E-state index < -0.39 is 34.6 Å². The fourth-order valence-electron chi connectivity index (χ4n) is 2.20. The second-order valence-electron chi connectivity index (χ2n) is 6.06. The minimum Gasteiger partial charge on any atom is -0.468 e. The summed E-state index contributed by atoms with van der Waals surface area (Å²) in [5.74, 6) is -1.44. The average molecular weight is 446 g/mol. The second kappa shape index (κ2) is 8.98. The number of hydrogen-bond donors (Lipinski definition) is 3. The van der Waals surface area contributed by atoms with Gasteiger partial charge in [-0.25, -0.2) is 13.4 Å².